The van der Waals surface area contributed by atoms with Gasteiger partial charge in [0.25, 0.3) is 0 Å². The Morgan fingerprint density at radius 2 is 1.88 bits per heavy atom. The summed E-state index contributed by atoms with van der Waals surface area (Å²) in [5.74, 6) is -0.0229. The molecule has 1 aliphatic rings. The van der Waals surface area contributed by atoms with E-state index in [2.05, 4.69) is 27.6 Å². The summed E-state index contributed by atoms with van der Waals surface area (Å²) in [6.45, 7) is 1.31. The number of halogens is 1. The Morgan fingerprint density at radius 1 is 1.15 bits per heavy atom. The molecule has 0 aliphatic carbocycles. The molecule has 6 nitrogen and oxygen atoms in total. The van der Waals surface area contributed by atoms with E-state index in [1.165, 1.54) is 14.0 Å². The van der Waals surface area contributed by atoms with Gasteiger partial charge in [-0.05, 0) is 70.6 Å². The topological polar surface area (TPSA) is 74.2 Å². The number of ether oxygens (including phenoxy) is 3. The smallest absolute Gasteiger partial charge is 0.363 e. The van der Waals surface area contributed by atoms with E-state index in [4.69, 9.17) is 14.2 Å². The number of cyclic esters (lactones) is 1. The molecule has 0 saturated carbocycles. The number of hydrogen-bond donors (Lipinski definition) is 0. The van der Waals surface area contributed by atoms with Crippen LogP contribution in [0.5, 0.6) is 11.5 Å². The predicted octanol–water partition coefficient (Wildman–Crippen LogP) is 3.57. The van der Waals surface area contributed by atoms with Crippen LogP contribution in [0.25, 0.3) is 6.08 Å². The van der Waals surface area contributed by atoms with Crippen molar-refractivity contribution in [2.45, 2.75) is 6.92 Å². The van der Waals surface area contributed by atoms with Gasteiger partial charge in [-0.15, -0.1) is 0 Å². The van der Waals surface area contributed by atoms with Crippen LogP contribution in [0.1, 0.15) is 18.1 Å². The zero-order valence-corrected chi connectivity index (χ0v) is 16.1. The first-order valence-electron chi connectivity index (χ1n) is 7.61. The molecule has 0 radical (unpaired) electrons. The number of rotatable bonds is 4. The summed E-state index contributed by atoms with van der Waals surface area (Å²) < 4.78 is 16.6. The molecule has 7 heteroatoms. The molecule has 0 N–H and O–H groups in total. The quantitative estimate of drug-likeness (QED) is 0.300. The van der Waals surface area contributed by atoms with Gasteiger partial charge in [0.15, 0.2) is 17.2 Å². The van der Waals surface area contributed by atoms with Gasteiger partial charge >= 0.3 is 11.9 Å². The van der Waals surface area contributed by atoms with Gasteiger partial charge in [-0.3, -0.25) is 4.79 Å². The molecule has 0 aromatic heterocycles. The van der Waals surface area contributed by atoms with Gasteiger partial charge in [-0.1, -0.05) is 6.07 Å². The Labute approximate surface area is 163 Å². The number of nitrogens with zero attached hydrogens (tertiary/aromatic N) is 1. The third kappa shape index (κ3) is 4.10. The molecule has 132 valence electrons. The van der Waals surface area contributed by atoms with Crippen molar-refractivity contribution in [2.75, 3.05) is 7.11 Å². The van der Waals surface area contributed by atoms with E-state index in [1.807, 2.05) is 24.3 Å². The lowest BCUT2D eigenvalue weighted by Gasteiger charge is -2.08. The third-order valence-corrected chi connectivity index (χ3v) is 4.18. The first-order valence-corrected chi connectivity index (χ1v) is 8.69. The largest absolute Gasteiger partial charge is 0.493 e. The second-order valence-electron chi connectivity index (χ2n) is 5.35. The predicted molar refractivity (Wildman–Crippen MR) is 104 cm³/mol. The SMILES string of the molecule is COc1cc(/C=C2/N=C(c3ccc(I)cc3)OC2=O)ccc1OC(C)=O. The highest BCUT2D eigenvalue weighted by molar-refractivity contribution is 14.1. The average Bonchev–Trinajstić information content (AvgIpc) is 2.97. The zero-order valence-electron chi connectivity index (χ0n) is 14.0. The van der Waals surface area contributed by atoms with Crippen LogP contribution in [0, 0.1) is 3.57 Å². The van der Waals surface area contributed by atoms with Crippen LogP contribution in [0.15, 0.2) is 53.2 Å². The molecule has 0 spiro atoms. The average molecular weight is 463 g/mol. The number of benzene rings is 2. The van der Waals surface area contributed by atoms with Crippen LogP contribution in [-0.2, 0) is 14.3 Å². The highest BCUT2D eigenvalue weighted by atomic mass is 127. The van der Waals surface area contributed by atoms with Crippen LogP contribution in [-0.4, -0.2) is 24.9 Å². The number of esters is 2. The first kappa shape index (κ1) is 18.1. The molecular weight excluding hydrogens is 449 g/mol. The van der Waals surface area contributed by atoms with Crippen molar-refractivity contribution in [1.29, 1.82) is 0 Å². The van der Waals surface area contributed by atoms with Crippen molar-refractivity contribution in [1.82, 2.24) is 0 Å². The number of hydrogen-bond acceptors (Lipinski definition) is 6. The van der Waals surface area contributed by atoms with Gasteiger partial charge in [0.1, 0.15) is 0 Å². The lowest BCUT2D eigenvalue weighted by atomic mass is 10.1. The number of methoxy groups -OCH3 is 1. The van der Waals surface area contributed by atoms with Gasteiger partial charge in [0, 0.05) is 16.1 Å². The lowest BCUT2D eigenvalue weighted by molar-refractivity contribution is -0.132. The molecule has 1 aliphatic heterocycles. The van der Waals surface area contributed by atoms with Gasteiger partial charge in [-0.25, -0.2) is 9.79 Å². The second kappa shape index (κ2) is 7.69. The fourth-order valence-corrected chi connectivity index (χ4v) is 2.66. The normalized spacial score (nSPS) is 14.8. The minimum atomic E-state index is -0.526. The highest BCUT2D eigenvalue weighted by Gasteiger charge is 2.24. The Kier molecular flexibility index (Phi) is 5.36. The standard InChI is InChI=1S/C19H14INO5/c1-11(22)25-16-8-3-12(10-17(16)24-2)9-15-19(23)26-18(21-15)13-4-6-14(20)7-5-13/h3-10H,1-2H3/b15-9+. The van der Waals surface area contributed by atoms with Crippen molar-refractivity contribution in [3.05, 3.63) is 62.9 Å². The van der Waals surface area contributed by atoms with Crippen LogP contribution >= 0.6 is 22.6 Å². The molecule has 1 heterocycles. The Balaban J connectivity index is 1.90. The van der Waals surface area contributed by atoms with Gasteiger partial charge in [0.2, 0.25) is 5.90 Å². The Bertz CT molecular complexity index is 931. The molecule has 0 bridgehead atoms. The summed E-state index contributed by atoms with van der Waals surface area (Å²) in [6, 6.07) is 12.4. The van der Waals surface area contributed by atoms with E-state index in [9.17, 15) is 9.59 Å². The van der Waals surface area contributed by atoms with Gasteiger partial charge in [-0.2, -0.15) is 0 Å². The summed E-state index contributed by atoms with van der Waals surface area (Å²) in [6.07, 6.45) is 1.59. The second-order valence-corrected chi connectivity index (χ2v) is 6.59. The van der Waals surface area contributed by atoms with E-state index in [-0.39, 0.29) is 11.6 Å². The fraction of sp³-hybridized carbons (Fsp3) is 0.105. The van der Waals surface area contributed by atoms with Crippen molar-refractivity contribution >= 4 is 46.5 Å². The summed E-state index contributed by atoms with van der Waals surface area (Å²) in [5.41, 5.74) is 1.57. The van der Waals surface area contributed by atoms with Gasteiger partial charge in [0.05, 0.1) is 7.11 Å². The van der Waals surface area contributed by atoms with E-state index in [0.717, 1.165) is 9.13 Å². The molecule has 0 unspecified atom stereocenters. The molecule has 26 heavy (non-hydrogen) atoms. The van der Waals surface area contributed by atoms with Gasteiger partial charge < -0.3 is 14.2 Å². The fourth-order valence-electron chi connectivity index (χ4n) is 2.30. The maximum atomic E-state index is 12.1. The zero-order chi connectivity index (χ0) is 18.7. The lowest BCUT2D eigenvalue weighted by Crippen LogP contribution is -2.05. The van der Waals surface area contributed by atoms with Crippen molar-refractivity contribution in [3.63, 3.8) is 0 Å². The minimum absolute atomic E-state index is 0.181. The monoisotopic (exact) mass is 463 g/mol. The first-order chi connectivity index (χ1) is 12.5. The van der Waals surface area contributed by atoms with Crippen molar-refractivity contribution in [2.24, 2.45) is 4.99 Å². The molecular formula is C19H14INO5. The number of carbonyl (C=O) groups is 2. The van der Waals surface area contributed by atoms with Crippen LogP contribution in [0.3, 0.4) is 0 Å². The highest BCUT2D eigenvalue weighted by Crippen LogP contribution is 2.30. The van der Waals surface area contributed by atoms with E-state index < -0.39 is 11.9 Å². The summed E-state index contributed by atoms with van der Waals surface area (Å²) in [5, 5.41) is 0. The molecule has 3 rings (SSSR count). The Morgan fingerprint density at radius 3 is 2.54 bits per heavy atom. The summed E-state index contributed by atoms with van der Waals surface area (Å²) >= 11 is 2.20. The minimum Gasteiger partial charge on any atom is -0.493 e. The molecule has 0 amide bonds. The van der Waals surface area contributed by atoms with E-state index >= 15 is 0 Å². The maximum Gasteiger partial charge on any atom is 0.363 e. The molecule has 2 aromatic rings. The van der Waals surface area contributed by atoms with Crippen molar-refractivity contribution < 1.29 is 23.8 Å². The molecule has 0 fully saturated rings. The Hall–Kier alpha value is -2.68. The van der Waals surface area contributed by atoms with E-state index in [0.29, 0.717) is 17.1 Å². The van der Waals surface area contributed by atoms with Crippen molar-refractivity contribution in [3.8, 4) is 11.5 Å². The molecule has 0 saturated heterocycles. The molecule has 2 aromatic carbocycles. The number of carbonyl (C=O) groups excluding carboxylic acids is 2. The van der Waals surface area contributed by atoms with E-state index in [1.54, 1.807) is 24.3 Å². The van der Waals surface area contributed by atoms with Crippen LogP contribution in [0.2, 0.25) is 0 Å². The molecule has 0 atom stereocenters. The van der Waals surface area contributed by atoms with Crippen LogP contribution < -0.4 is 9.47 Å². The summed E-state index contributed by atoms with van der Waals surface area (Å²) in [4.78, 5) is 27.5. The third-order valence-electron chi connectivity index (χ3n) is 3.46. The van der Waals surface area contributed by atoms with Crippen LogP contribution in [0.4, 0.5) is 0 Å². The summed E-state index contributed by atoms with van der Waals surface area (Å²) in [7, 11) is 1.47. The maximum absolute atomic E-state index is 12.1. The number of aliphatic imine (C=N–C) groups is 1.